The van der Waals surface area contributed by atoms with E-state index in [4.69, 9.17) is 86.3 Å². The SMILES string of the molecule is CCOc1ccc(Br)cc1C(=O)Nc1cccc(-c2nnc(-c3ccco3)o2)c1.CCOc1ccc(Cl)cc1C(=O)Nc1cc(-c2nnc(-c3ccco3)o2)ccc1F.COc1ccc(Cl)cc1C(=O)Nc1cc(-c2nnc(-c3ccco3)o2)ccc1F.COc1ccccc1C(=O)Nc1cc(-c2nnc(-c3ccco3)o2)ccc1F.O=C(Nc1cc(-c2nnc(-c3ccco3)o2)ccn1)c1ccccc1F. The molecule has 20 rings (SSSR count). The van der Waals surface area contributed by atoms with Crippen molar-refractivity contribution in [2.24, 2.45) is 0 Å². The number of carbonyl (C=O) groups is 5. The number of para-hydroxylation sites is 1. The molecule has 0 aliphatic carbocycles. The van der Waals surface area contributed by atoms with Gasteiger partial charge in [-0.25, -0.2) is 22.5 Å². The Labute approximate surface area is 817 Å². The maximum atomic E-state index is 14.4. The first-order chi connectivity index (χ1) is 69.1. The van der Waals surface area contributed by atoms with Gasteiger partial charge in [-0.05, 0) is 238 Å². The van der Waals surface area contributed by atoms with Gasteiger partial charge in [-0.2, -0.15) is 0 Å². The van der Waals surface area contributed by atoms with E-state index in [9.17, 15) is 41.5 Å². The molecule has 0 bridgehead atoms. The van der Waals surface area contributed by atoms with Gasteiger partial charge in [0.1, 0.15) is 52.1 Å². The molecule has 35 nitrogen and oxygen atoms in total. The lowest BCUT2D eigenvalue weighted by atomic mass is 10.1. The van der Waals surface area contributed by atoms with Crippen LogP contribution >= 0.6 is 39.1 Å². The molecule has 20 aromatic rings. The molecule has 712 valence electrons. The van der Waals surface area contributed by atoms with Crippen LogP contribution < -0.4 is 45.5 Å². The highest BCUT2D eigenvalue weighted by Crippen LogP contribution is 2.37. The molecule has 0 aliphatic heterocycles. The lowest BCUT2D eigenvalue weighted by Gasteiger charge is -2.12. The fraction of sp³-hybridized carbons (Fsp3) is 0.0600. The predicted molar refractivity (Wildman–Crippen MR) is 510 cm³/mol. The Morgan fingerprint density at radius 3 is 1.06 bits per heavy atom. The summed E-state index contributed by atoms with van der Waals surface area (Å²) in [5, 5.41) is 53.2. The number of nitrogens with one attached hydrogen (secondary N) is 5. The number of benzene rings is 9. The van der Waals surface area contributed by atoms with Gasteiger partial charge in [0.05, 0.1) is 104 Å². The quantitative estimate of drug-likeness (QED) is 0.0314. The lowest BCUT2D eigenvalue weighted by Crippen LogP contribution is -2.15. The summed E-state index contributed by atoms with van der Waals surface area (Å²) in [5.41, 5.74) is 3.97. The fourth-order valence-corrected chi connectivity index (χ4v) is 13.7. The Bertz CT molecular complexity index is 7790. The van der Waals surface area contributed by atoms with E-state index in [2.05, 4.69) is 98.5 Å². The van der Waals surface area contributed by atoms with Crippen molar-refractivity contribution in [3.05, 3.63) is 358 Å². The molecule has 0 fully saturated rings. The van der Waals surface area contributed by atoms with E-state index >= 15 is 0 Å². The number of hydrogen-bond acceptors (Lipinski definition) is 30. The van der Waals surface area contributed by atoms with Gasteiger partial charge < -0.3 is 89.7 Å². The second kappa shape index (κ2) is 45.5. The molecule has 0 aliphatic rings. The summed E-state index contributed by atoms with van der Waals surface area (Å²) in [6.45, 7) is 4.49. The fourth-order valence-electron chi connectivity index (χ4n) is 13.0. The first-order valence-electron chi connectivity index (χ1n) is 42.1. The van der Waals surface area contributed by atoms with Gasteiger partial charge in [0.25, 0.3) is 59.0 Å². The molecule has 0 radical (unpaired) electrons. The van der Waals surface area contributed by atoms with Crippen molar-refractivity contribution in [3.63, 3.8) is 0 Å². The van der Waals surface area contributed by atoms with E-state index in [1.807, 2.05) is 19.1 Å². The van der Waals surface area contributed by atoms with E-state index in [1.165, 1.54) is 137 Å². The van der Waals surface area contributed by atoms with E-state index < -0.39 is 46.9 Å². The molecule has 0 atom stereocenters. The van der Waals surface area contributed by atoms with Crippen molar-refractivity contribution >= 4 is 97.2 Å². The maximum absolute atomic E-state index is 14.4. The minimum atomic E-state index is -0.631. The smallest absolute Gasteiger partial charge is 0.283 e. The molecule has 5 amide bonds. The van der Waals surface area contributed by atoms with E-state index in [1.54, 1.807) is 165 Å². The topological polar surface area (TPSA) is 456 Å². The normalized spacial score (nSPS) is 10.7. The van der Waals surface area contributed by atoms with Gasteiger partial charge in [-0.3, -0.25) is 24.0 Å². The Morgan fingerprint density at radius 1 is 0.310 bits per heavy atom. The van der Waals surface area contributed by atoms with Crippen molar-refractivity contribution < 1.29 is 105 Å². The third-order valence-electron chi connectivity index (χ3n) is 19.6. The predicted octanol–water partition coefficient (Wildman–Crippen LogP) is 24.1. The highest BCUT2D eigenvalue weighted by Gasteiger charge is 2.26. The zero-order chi connectivity index (χ0) is 99.1. The number of aromatic nitrogens is 11. The number of hydrogen-bond donors (Lipinski definition) is 5. The highest BCUT2D eigenvalue weighted by molar-refractivity contribution is 9.10. The van der Waals surface area contributed by atoms with Gasteiger partial charge in [0.2, 0.25) is 29.5 Å². The summed E-state index contributed by atoms with van der Waals surface area (Å²) in [6.07, 6.45) is 8.97. The van der Waals surface area contributed by atoms with Crippen LogP contribution in [0.4, 0.5) is 46.1 Å². The Balaban J connectivity index is 0.000000128. The van der Waals surface area contributed by atoms with Crippen molar-refractivity contribution in [1.82, 2.24) is 56.0 Å². The van der Waals surface area contributed by atoms with Crippen LogP contribution in [0.1, 0.15) is 65.6 Å². The van der Waals surface area contributed by atoms with E-state index in [0.717, 1.165) is 4.47 Å². The average molecular weight is 2030 g/mol. The number of nitrogens with zero attached hydrogens (tertiary/aromatic N) is 11. The van der Waals surface area contributed by atoms with Gasteiger partial charge in [-0.15, -0.1) is 51.0 Å². The van der Waals surface area contributed by atoms with Crippen LogP contribution in [-0.4, -0.2) is 113 Å². The van der Waals surface area contributed by atoms with Crippen molar-refractivity contribution in [2.75, 3.05) is 54.0 Å². The number of amides is 5. The molecular weight excluding hydrogens is 1960 g/mol. The second-order valence-corrected chi connectivity index (χ2v) is 30.8. The van der Waals surface area contributed by atoms with Crippen LogP contribution in [0.2, 0.25) is 10.0 Å². The number of furan rings is 5. The summed E-state index contributed by atoms with van der Waals surface area (Å²) in [4.78, 5) is 66.9. The summed E-state index contributed by atoms with van der Waals surface area (Å²) >= 11 is 15.3. The molecule has 142 heavy (non-hydrogen) atoms. The first kappa shape index (κ1) is 96.7. The van der Waals surface area contributed by atoms with Gasteiger partial charge >= 0.3 is 0 Å². The van der Waals surface area contributed by atoms with Gasteiger partial charge in [0.15, 0.2) is 28.8 Å². The third-order valence-corrected chi connectivity index (χ3v) is 20.6. The summed E-state index contributed by atoms with van der Waals surface area (Å²) in [5.74, 6) is 1.07. The Kier molecular flexibility index (Phi) is 31.0. The van der Waals surface area contributed by atoms with Crippen LogP contribution in [0.5, 0.6) is 23.0 Å². The Morgan fingerprint density at radius 2 is 0.655 bits per heavy atom. The minimum absolute atomic E-state index is 0.0221. The van der Waals surface area contributed by atoms with E-state index in [-0.39, 0.29) is 104 Å². The number of anilines is 5. The summed E-state index contributed by atoms with van der Waals surface area (Å²) in [6, 6.07) is 66.5. The van der Waals surface area contributed by atoms with Crippen LogP contribution in [0, 0.1) is 23.3 Å². The number of rotatable bonds is 26. The third kappa shape index (κ3) is 24.0. The molecule has 0 saturated carbocycles. The molecule has 0 spiro atoms. The molecule has 9 aromatic carbocycles. The number of ether oxygens (including phenoxy) is 4. The van der Waals surface area contributed by atoms with Crippen LogP contribution in [0.25, 0.3) is 116 Å². The molecule has 0 unspecified atom stereocenters. The second-order valence-electron chi connectivity index (χ2n) is 29.0. The lowest BCUT2D eigenvalue weighted by molar-refractivity contribution is 0.101. The van der Waals surface area contributed by atoms with Crippen molar-refractivity contribution in [1.29, 1.82) is 0 Å². The molecular formula is C100H69BrCl2F4N16O19. The van der Waals surface area contributed by atoms with Gasteiger partial charge in [-0.1, -0.05) is 69.5 Å². The highest BCUT2D eigenvalue weighted by atomic mass is 79.9. The number of halogens is 7. The molecule has 11 heterocycles. The summed E-state index contributed by atoms with van der Waals surface area (Å²) < 4.78 is 133. The molecule has 11 aromatic heterocycles. The molecule has 42 heteroatoms. The van der Waals surface area contributed by atoms with Crippen molar-refractivity contribution in [2.45, 2.75) is 13.8 Å². The number of pyridine rings is 1. The number of carbonyl (C=O) groups excluding carboxylic acids is 5. The molecule has 0 saturated heterocycles. The number of methoxy groups -OCH3 is 2. The largest absolute Gasteiger partial charge is 0.496 e. The van der Waals surface area contributed by atoms with E-state index in [0.29, 0.717) is 120 Å². The maximum Gasteiger partial charge on any atom is 0.283 e. The monoisotopic (exact) mass is 2020 g/mol. The molecule has 5 N–H and O–H groups in total. The van der Waals surface area contributed by atoms with Crippen LogP contribution in [-0.2, 0) is 0 Å². The van der Waals surface area contributed by atoms with Crippen LogP contribution in [0.3, 0.4) is 0 Å². The summed E-state index contributed by atoms with van der Waals surface area (Å²) in [7, 11) is 2.88. The van der Waals surface area contributed by atoms with Crippen molar-refractivity contribution in [3.8, 4) is 139 Å². The minimum Gasteiger partial charge on any atom is -0.496 e. The average Bonchev–Trinajstić information content (AvgIpc) is 1.53. The zero-order valence-electron chi connectivity index (χ0n) is 73.9. The van der Waals surface area contributed by atoms with Crippen LogP contribution in [0.15, 0.2) is 341 Å². The Hall–Kier alpha value is -18.4. The zero-order valence-corrected chi connectivity index (χ0v) is 77.0. The standard InChI is InChI=1S/C21H16BrN3O4.C21H15ClFN3O4.C20H13ClFN3O4.C20H14FN3O4.C18H11FN4O3/c1-2-27-17-9-8-14(22)12-16(17)19(26)23-15-6-3-5-13(11-15)20-24-25-21(29-20)18-7-4-10-28-18;1-2-28-17-8-6-13(22)11-14(17)19(27)24-16-10-12(5-7-15(16)23)20-25-26-21(30-20)18-4-3-9-29-18;1-27-16-7-5-12(21)10-13(16)18(26)23-15-9-11(4-6-14(15)22)19-24-25-20(29-19)17-3-2-8-28-17;1-26-16-6-3-2-5-13(16)18(25)22-15-11-12(8-9-14(15)21)19-23-24-20(28-19)17-7-4-10-27-17;19-13-5-2-1-4-12(13)16(24)21-15-10-11(7-8-20-15)17-22-23-18(26-17)14-6-3-9-25-14/h3-12H,2H2,1H3,(H,23,26);3-11H,2H2,1H3,(H,24,27);2-10H,1H3,(H,23,26);2-11H,1H3,(H,22,25);1-10H,(H,20,21,24). The first-order valence-corrected chi connectivity index (χ1v) is 43.6. The van der Waals surface area contributed by atoms with Gasteiger partial charge in [0, 0.05) is 54.2 Å².